The SMILES string of the molecule is Nc1ccccc1S[C@H]1CC(=O)N(c2ccc(C(=O)OCC(=O)Nc3ccc(Cl)cc3Cl)cc2)C1=O. The average molecular weight is 544 g/mol. The standard InChI is InChI=1S/C25H19Cl2N3O5S/c26-15-7-10-19(17(27)11-15)29-22(31)13-35-25(34)14-5-8-16(9-6-14)30-23(32)12-21(24(30)33)36-20-4-2-1-3-18(20)28/h1-11,21H,12-13,28H2,(H,29,31)/t21-/m0/s1. The highest BCUT2D eigenvalue weighted by Gasteiger charge is 2.40. The second-order valence-electron chi connectivity index (χ2n) is 7.71. The summed E-state index contributed by atoms with van der Waals surface area (Å²) >= 11 is 13.1. The number of ether oxygens (including phenoxy) is 1. The summed E-state index contributed by atoms with van der Waals surface area (Å²) in [4.78, 5) is 51.7. The minimum atomic E-state index is -0.744. The van der Waals surface area contributed by atoms with Gasteiger partial charge in [-0.25, -0.2) is 9.69 Å². The number of carbonyl (C=O) groups is 4. The number of nitrogens with two attached hydrogens (primary N) is 1. The van der Waals surface area contributed by atoms with E-state index in [9.17, 15) is 19.2 Å². The van der Waals surface area contributed by atoms with Crippen LogP contribution in [-0.4, -0.2) is 35.5 Å². The molecule has 0 radical (unpaired) electrons. The number of para-hydroxylation sites is 1. The molecule has 3 aromatic rings. The Bertz CT molecular complexity index is 1350. The molecule has 8 nitrogen and oxygen atoms in total. The van der Waals surface area contributed by atoms with Gasteiger partial charge in [0.05, 0.1) is 27.2 Å². The number of nitrogens with zero attached hydrogens (tertiary/aromatic N) is 1. The predicted molar refractivity (Wildman–Crippen MR) is 139 cm³/mol. The maximum atomic E-state index is 12.9. The van der Waals surface area contributed by atoms with Crippen LogP contribution < -0.4 is 16.0 Å². The topological polar surface area (TPSA) is 119 Å². The van der Waals surface area contributed by atoms with Gasteiger partial charge in [-0.05, 0) is 54.6 Å². The molecule has 0 saturated carbocycles. The normalized spacial score (nSPS) is 15.2. The summed E-state index contributed by atoms with van der Waals surface area (Å²) in [6, 6.07) is 17.5. The molecular formula is C25H19Cl2N3O5S. The molecule has 0 bridgehead atoms. The highest BCUT2D eigenvalue weighted by Crippen LogP contribution is 2.36. The number of halogens is 2. The number of carbonyl (C=O) groups excluding carboxylic acids is 4. The van der Waals surface area contributed by atoms with Crippen LogP contribution >= 0.6 is 35.0 Å². The second-order valence-corrected chi connectivity index (χ2v) is 9.80. The van der Waals surface area contributed by atoms with Crippen LogP contribution in [0.15, 0.2) is 71.6 Å². The number of hydrogen-bond acceptors (Lipinski definition) is 7. The number of rotatable bonds is 7. The van der Waals surface area contributed by atoms with Crippen molar-refractivity contribution < 1.29 is 23.9 Å². The maximum absolute atomic E-state index is 12.9. The molecule has 11 heteroatoms. The first-order valence-corrected chi connectivity index (χ1v) is 12.3. The Labute approximate surface area is 220 Å². The molecule has 184 valence electrons. The average Bonchev–Trinajstić information content (AvgIpc) is 3.13. The van der Waals surface area contributed by atoms with Crippen molar-refractivity contribution in [2.75, 3.05) is 22.6 Å². The lowest BCUT2D eigenvalue weighted by Crippen LogP contribution is -2.31. The molecule has 0 spiro atoms. The highest BCUT2D eigenvalue weighted by molar-refractivity contribution is 8.00. The van der Waals surface area contributed by atoms with Crippen molar-refractivity contribution in [1.82, 2.24) is 0 Å². The van der Waals surface area contributed by atoms with Gasteiger partial charge < -0.3 is 15.8 Å². The Hall–Kier alpha value is -3.53. The number of benzene rings is 3. The summed E-state index contributed by atoms with van der Waals surface area (Å²) in [5, 5.41) is 2.59. The van der Waals surface area contributed by atoms with Gasteiger partial charge in [-0.3, -0.25) is 14.4 Å². The molecule has 0 aromatic heterocycles. The first-order chi connectivity index (χ1) is 17.2. The minimum Gasteiger partial charge on any atom is -0.452 e. The van der Waals surface area contributed by atoms with Crippen LogP contribution in [0.2, 0.25) is 10.0 Å². The minimum absolute atomic E-state index is 0.0361. The first-order valence-electron chi connectivity index (χ1n) is 10.6. The summed E-state index contributed by atoms with van der Waals surface area (Å²) in [6.07, 6.45) is 0.0361. The van der Waals surface area contributed by atoms with Crippen molar-refractivity contribution in [3.05, 3.63) is 82.3 Å². The van der Waals surface area contributed by atoms with Crippen molar-refractivity contribution in [2.24, 2.45) is 0 Å². The zero-order valence-electron chi connectivity index (χ0n) is 18.6. The third kappa shape index (κ3) is 5.81. The molecule has 0 aliphatic carbocycles. The fourth-order valence-corrected chi connectivity index (χ4v) is 5.00. The Morgan fingerprint density at radius 2 is 1.78 bits per heavy atom. The van der Waals surface area contributed by atoms with Crippen LogP contribution in [0.1, 0.15) is 16.8 Å². The Kier molecular flexibility index (Phi) is 7.83. The van der Waals surface area contributed by atoms with Crippen molar-refractivity contribution in [2.45, 2.75) is 16.6 Å². The van der Waals surface area contributed by atoms with Gasteiger partial charge in [-0.1, -0.05) is 35.3 Å². The Morgan fingerprint density at radius 1 is 1.06 bits per heavy atom. The number of thioether (sulfide) groups is 1. The molecule has 1 heterocycles. The summed E-state index contributed by atoms with van der Waals surface area (Å²) in [5.41, 5.74) is 7.31. The van der Waals surface area contributed by atoms with Crippen molar-refractivity contribution >= 4 is 75.7 Å². The maximum Gasteiger partial charge on any atom is 0.338 e. The lowest BCUT2D eigenvalue weighted by Gasteiger charge is -2.15. The summed E-state index contributed by atoms with van der Waals surface area (Å²) in [6.45, 7) is -0.538. The predicted octanol–water partition coefficient (Wildman–Crippen LogP) is 4.80. The van der Waals surface area contributed by atoms with E-state index in [1.807, 2.05) is 6.07 Å². The van der Waals surface area contributed by atoms with Crippen LogP contribution in [-0.2, 0) is 19.1 Å². The van der Waals surface area contributed by atoms with E-state index in [0.717, 1.165) is 9.80 Å². The Balaban J connectivity index is 1.35. The number of nitrogen functional groups attached to an aromatic ring is 1. The molecule has 1 atom stereocenters. The molecule has 1 aliphatic rings. The van der Waals surface area contributed by atoms with Gasteiger partial charge >= 0.3 is 5.97 Å². The monoisotopic (exact) mass is 543 g/mol. The number of hydrogen-bond donors (Lipinski definition) is 2. The number of anilines is 3. The van der Waals surface area contributed by atoms with E-state index in [-0.39, 0.29) is 28.8 Å². The zero-order valence-corrected chi connectivity index (χ0v) is 20.9. The Morgan fingerprint density at radius 3 is 2.47 bits per heavy atom. The van der Waals surface area contributed by atoms with E-state index in [1.54, 1.807) is 24.3 Å². The molecule has 1 fully saturated rings. The van der Waals surface area contributed by atoms with E-state index in [4.69, 9.17) is 33.7 Å². The van der Waals surface area contributed by atoms with Crippen LogP contribution in [0.25, 0.3) is 0 Å². The lowest BCUT2D eigenvalue weighted by molar-refractivity contribution is -0.121. The van der Waals surface area contributed by atoms with Gasteiger partial charge in [0.2, 0.25) is 11.8 Å². The number of amides is 3. The fraction of sp³-hybridized carbons (Fsp3) is 0.120. The number of imide groups is 1. The van der Waals surface area contributed by atoms with E-state index >= 15 is 0 Å². The smallest absolute Gasteiger partial charge is 0.338 e. The van der Waals surface area contributed by atoms with Gasteiger partial charge in [0.1, 0.15) is 0 Å². The third-order valence-corrected chi connectivity index (χ3v) is 7.02. The van der Waals surface area contributed by atoms with Gasteiger partial charge in [-0.15, -0.1) is 11.8 Å². The van der Waals surface area contributed by atoms with Crippen molar-refractivity contribution in [3.8, 4) is 0 Å². The van der Waals surface area contributed by atoms with E-state index in [0.29, 0.717) is 22.1 Å². The van der Waals surface area contributed by atoms with Gasteiger partial charge in [0.25, 0.3) is 5.91 Å². The molecule has 3 N–H and O–H groups in total. The number of esters is 1. The fourth-order valence-electron chi connectivity index (χ4n) is 3.45. The van der Waals surface area contributed by atoms with Crippen molar-refractivity contribution in [3.63, 3.8) is 0 Å². The van der Waals surface area contributed by atoms with E-state index in [1.165, 1.54) is 48.2 Å². The second kappa shape index (κ2) is 11.0. The molecule has 4 rings (SSSR count). The van der Waals surface area contributed by atoms with Crippen LogP contribution in [0.5, 0.6) is 0 Å². The quantitative estimate of drug-likeness (QED) is 0.249. The first kappa shape index (κ1) is 25.6. The number of nitrogens with one attached hydrogen (secondary N) is 1. The zero-order chi connectivity index (χ0) is 25.8. The van der Waals surface area contributed by atoms with Crippen molar-refractivity contribution in [1.29, 1.82) is 0 Å². The summed E-state index contributed by atoms with van der Waals surface area (Å²) in [5.74, 6) is -2.04. The lowest BCUT2D eigenvalue weighted by atomic mass is 10.2. The van der Waals surface area contributed by atoms with Crippen LogP contribution in [0.3, 0.4) is 0 Å². The van der Waals surface area contributed by atoms with Crippen LogP contribution in [0.4, 0.5) is 17.1 Å². The van der Waals surface area contributed by atoms with E-state index < -0.39 is 23.7 Å². The highest BCUT2D eigenvalue weighted by atomic mass is 35.5. The summed E-state index contributed by atoms with van der Waals surface area (Å²) < 4.78 is 5.05. The molecule has 3 amide bonds. The molecule has 1 saturated heterocycles. The summed E-state index contributed by atoms with van der Waals surface area (Å²) in [7, 11) is 0. The van der Waals surface area contributed by atoms with E-state index in [2.05, 4.69) is 5.32 Å². The third-order valence-electron chi connectivity index (χ3n) is 5.19. The van der Waals surface area contributed by atoms with Gasteiger partial charge in [0, 0.05) is 22.0 Å². The molecule has 3 aromatic carbocycles. The molecule has 36 heavy (non-hydrogen) atoms. The van der Waals surface area contributed by atoms with Crippen LogP contribution in [0, 0.1) is 0 Å². The molecule has 0 unspecified atom stereocenters. The molecular weight excluding hydrogens is 525 g/mol. The van der Waals surface area contributed by atoms with Gasteiger partial charge in [-0.2, -0.15) is 0 Å². The molecule has 1 aliphatic heterocycles. The van der Waals surface area contributed by atoms with Gasteiger partial charge in [0.15, 0.2) is 6.61 Å². The largest absolute Gasteiger partial charge is 0.452 e.